The summed E-state index contributed by atoms with van der Waals surface area (Å²) in [5.41, 5.74) is 4.21. The van der Waals surface area contributed by atoms with E-state index in [-0.39, 0.29) is 11.8 Å². The maximum atomic E-state index is 10.1. The molecule has 122 valence electrons. The molecule has 0 aliphatic carbocycles. The number of H-pyrrole nitrogens is 1. The molecule has 0 saturated carbocycles. The molecule has 0 spiro atoms. The normalized spacial score (nSPS) is 10.3. The van der Waals surface area contributed by atoms with E-state index in [0.717, 1.165) is 16.9 Å². The minimum atomic E-state index is -0.0480. The van der Waals surface area contributed by atoms with E-state index in [0.29, 0.717) is 17.7 Å². The van der Waals surface area contributed by atoms with Crippen molar-refractivity contribution in [2.24, 2.45) is 0 Å². The lowest BCUT2D eigenvalue weighted by Gasteiger charge is -2.06. The molecule has 0 fully saturated rings. The fraction of sp³-hybridized carbons (Fsp3) is 0.263. The van der Waals surface area contributed by atoms with Crippen LogP contribution in [0, 0.1) is 0 Å². The number of ether oxygens (including phenoxy) is 1. The maximum Gasteiger partial charge on any atom is 0.199 e. The minimum Gasteiger partial charge on any atom is -0.494 e. The fourth-order valence-corrected chi connectivity index (χ4v) is 2.23. The molecule has 3 N–H and O–H groups in total. The number of benzene rings is 1. The number of hydrogen-bond donors (Lipinski definition) is 3. The number of hydrogen-bond acceptors (Lipinski definition) is 3. The Labute approximate surface area is 136 Å². The molecule has 0 atom stereocenters. The van der Waals surface area contributed by atoms with Crippen LogP contribution in [0.4, 0.5) is 0 Å². The number of rotatable bonds is 5. The van der Waals surface area contributed by atoms with Crippen LogP contribution in [0.25, 0.3) is 17.2 Å². The zero-order valence-corrected chi connectivity index (χ0v) is 14.0. The van der Waals surface area contributed by atoms with Gasteiger partial charge in [-0.1, -0.05) is 29.4 Å². The van der Waals surface area contributed by atoms with Crippen LogP contribution in [-0.4, -0.2) is 21.8 Å². The van der Waals surface area contributed by atoms with Gasteiger partial charge in [0, 0.05) is 5.56 Å². The van der Waals surface area contributed by atoms with Gasteiger partial charge in [0.15, 0.2) is 11.8 Å². The van der Waals surface area contributed by atoms with Gasteiger partial charge in [-0.25, -0.2) is 0 Å². The van der Waals surface area contributed by atoms with Crippen LogP contribution in [0.2, 0.25) is 0 Å². The molecule has 0 bridgehead atoms. The van der Waals surface area contributed by atoms with Crippen molar-refractivity contribution in [3.63, 3.8) is 0 Å². The van der Waals surface area contributed by atoms with Gasteiger partial charge in [0.1, 0.15) is 12.4 Å². The molecule has 0 amide bonds. The maximum absolute atomic E-state index is 10.1. The van der Waals surface area contributed by atoms with Crippen molar-refractivity contribution in [3.05, 3.63) is 47.1 Å². The average molecular weight is 313 g/mol. The summed E-state index contributed by atoms with van der Waals surface area (Å²) in [5, 5.41) is 20.0. The highest BCUT2D eigenvalue weighted by atomic mass is 16.5. The summed E-state index contributed by atoms with van der Waals surface area (Å²) < 4.78 is 5.63. The second-order valence-corrected chi connectivity index (χ2v) is 5.95. The standard InChI is InChI=1S/C19H23NO3/c1-12(2)9-10-23-15-7-5-14(6-8-15)17-16(11-13(3)4)18(21)20-19(17)22/h5-9,11,20-22H,10H2,1-4H3. The van der Waals surface area contributed by atoms with E-state index < -0.39 is 0 Å². The van der Waals surface area contributed by atoms with Crippen molar-refractivity contribution in [1.29, 1.82) is 0 Å². The van der Waals surface area contributed by atoms with Crippen LogP contribution in [-0.2, 0) is 0 Å². The Balaban J connectivity index is 2.30. The predicted molar refractivity (Wildman–Crippen MR) is 93.8 cm³/mol. The van der Waals surface area contributed by atoms with Gasteiger partial charge in [-0.15, -0.1) is 0 Å². The molecule has 0 unspecified atom stereocenters. The number of nitrogens with one attached hydrogen (secondary N) is 1. The van der Waals surface area contributed by atoms with E-state index in [4.69, 9.17) is 4.74 Å². The Morgan fingerprint density at radius 3 is 2.22 bits per heavy atom. The quantitative estimate of drug-likeness (QED) is 0.691. The van der Waals surface area contributed by atoms with Crippen LogP contribution in [0.15, 0.2) is 41.5 Å². The molecule has 0 saturated heterocycles. The lowest BCUT2D eigenvalue weighted by molar-refractivity contribution is 0.362. The number of aromatic amines is 1. The van der Waals surface area contributed by atoms with Crippen molar-refractivity contribution >= 4 is 6.08 Å². The summed E-state index contributed by atoms with van der Waals surface area (Å²) in [6.07, 6.45) is 3.84. The molecule has 2 aromatic rings. The van der Waals surface area contributed by atoms with Crippen LogP contribution in [0.3, 0.4) is 0 Å². The highest BCUT2D eigenvalue weighted by Crippen LogP contribution is 2.39. The summed E-state index contributed by atoms with van der Waals surface area (Å²) in [4.78, 5) is 2.57. The van der Waals surface area contributed by atoms with E-state index in [1.807, 2.05) is 64.1 Å². The Bertz CT molecular complexity index is 729. The van der Waals surface area contributed by atoms with Gasteiger partial charge in [0.05, 0.1) is 5.56 Å². The van der Waals surface area contributed by atoms with E-state index >= 15 is 0 Å². The van der Waals surface area contributed by atoms with E-state index in [9.17, 15) is 10.2 Å². The summed E-state index contributed by atoms with van der Waals surface area (Å²) in [5.74, 6) is 0.671. The van der Waals surface area contributed by atoms with Crippen molar-refractivity contribution in [1.82, 2.24) is 4.98 Å². The third-order valence-electron chi connectivity index (χ3n) is 3.32. The Morgan fingerprint density at radius 1 is 1.00 bits per heavy atom. The Morgan fingerprint density at radius 2 is 1.65 bits per heavy atom. The predicted octanol–water partition coefficient (Wildman–Crippen LogP) is 4.86. The van der Waals surface area contributed by atoms with Crippen LogP contribution >= 0.6 is 0 Å². The molecule has 1 aromatic carbocycles. The van der Waals surface area contributed by atoms with Gasteiger partial charge in [-0.2, -0.15) is 0 Å². The second-order valence-electron chi connectivity index (χ2n) is 5.95. The van der Waals surface area contributed by atoms with E-state index in [1.54, 1.807) is 0 Å². The largest absolute Gasteiger partial charge is 0.494 e. The van der Waals surface area contributed by atoms with E-state index in [1.165, 1.54) is 5.57 Å². The van der Waals surface area contributed by atoms with E-state index in [2.05, 4.69) is 4.98 Å². The van der Waals surface area contributed by atoms with Crippen molar-refractivity contribution in [2.75, 3.05) is 6.61 Å². The van der Waals surface area contributed by atoms with Gasteiger partial charge in [0.25, 0.3) is 0 Å². The molecule has 1 aromatic heterocycles. The first-order chi connectivity index (χ1) is 10.9. The first-order valence-electron chi connectivity index (χ1n) is 7.54. The molecule has 0 radical (unpaired) electrons. The first-order valence-corrected chi connectivity index (χ1v) is 7.54. The van der Waals surface area contributed by atoms with Gasteiger partial charge in [-0.3, -0.25) is 4.98 Å². The Hall–Kier alpha value is -2.62. The molecule has 4 nitrogen and oxygen atoms in total. The molecule has 1 heterocycles. The van der Waals surface area contributed by atoms with Crippen LogP contribution in [0.5, 0.6) is 17.5 Å². The highest BCUT2D eigenvalue weighted by Gasteiger charge is 2.16. The summed E-state index contributed by atoms with van der Waals surface area (Å²) in [7, 11) is 0. The summed E-state index contributed by atoms with van der Waals surface area (Å²) in [6.45, 7) is 8.46. The molecule has 23 heavy (non-hydrogen) atoms. The molecule has 0 aliphatic heterocycles. The van der Waals surface area contributed by atoms with Gasteiger partial charge in [0.2, 0.25) is 0 Å². The molecular formula is C19H23NO3. The lowest BCUT2D eigenvalue weighted by atomic mass is 10.0. The Kier molecular flexibility index (Phi) is 5.16. The summed E-state index contributed by atoms with van der Waals surface area (Å²) >= 11 is 0. The summed E-state index contributed by atoms with van der Waals surface area (Å²) in [6, 6.07) is 7.43. The van der Waals surface area contributed by atoms with Crippen LogP contribution < -0.4 is 4.74 Å². The fourth-order valence-electron chi connectivity index (χ4n) is 2.23. The number of aromatic hydroxyl groups is 2. The molecule has 0 aliphatic rings. The van der Waals surface area contributed by atoms with Gasteiger partial charge < -0.3 is 14.9 Å². The minimum absolute atomic E-state index is 0.0393. The monoisotopic (exact) mass is 313 g/mol. The average Bonchev–Trinajstić information content (AvgIpc) is 2.73. The van der Waals surface area contributed by atoms with Gasteiger partial charge >= 0.3 is 0 Å². The van der Waals surface area contributed by atoms with Crippen molar-refractivity contribution in [3.8, 4) is 28.6 Å². The SMILES string of the molecule is CC(C)=CCOc1ccc(-c2c(O)[nH]c(O)c2C=C(C)C)cc1. The molecular weight excluding hydrogens is 290 g/mol. The van der Waals surface area contributed by atoms with Crippen LogP contribution in [0.1, 0.15) is 33.3 Å². The first kappa shape index (κ1) is 16.7. The van der Waals surface area contributed by atoms with Crippen molar-refractivity contribution < 1.29 is 14.9 Å². The smallest absolute Gasteiger partial charge is 0.199 e. The lowest BCUT2D eigenvalue weighted by Crippen LogP contribution is -1.93. The zero-order valence-electron chi connectivity index (χ0n) is 14.0. The zero-order chi connectivity index (χ0) is 17.0. The molecule has 2 rings (SSSR count). The number of aromatic nitrogens is 1. The van der Waals surface area contributed by atoms with Crippen molar-refractivity contribution in [2.45, 2.75) is 27.7 Å². The third-order valence-corrected chi connectivity index (χ3v) is 3.32. The third kappa shape index (κ3) is 4.19. The highest BCUT2D eigenvalue weighted by molar-refractivity contribution is 5.83. The topological polar surface area (TPSA) is 65.5 Å². The molecule has 4 heteroatoms. The second kappa shape index (κ2) is 7.09. The van der Waals surface area contributed by atoms with Gasteiger partial charge in [-0.05, 0) is 51.5 Å². The number of allylic oxidation sites excluding steroid dienone is 2.